The molecule has 0 atom stereocenters. The van der Waals surface area contributed by atoms with Crippen molar-refractivity contribution in [2.24, 2.45) is 0 Å². The van der Waals surface area contributed by atoms with Crippen LogP contribution in [0.1, 0.15) is 29.6 Å². The average Bonchev–Trinajstić information content (AvgIpc) is 3.04. The molecule has 0 amide bonds. The lowest BCUT2D eigenvalue weighted by atomic mass is 10.1. The second kappa shape index (κ2) is 5.78. The van der Waals surface area contributed by atoms with Crippen LogP contribution in [-0.4, -0.2) is 21.7 Å². The van der Waals surface area contributed by atoms with Gasteiger partial charge < -0.3 is 4.74 Å². The van der Waals surface area contributed by atoms with Crippen LogP contribution >= 0.6 is 11.3 Å². The summed E-state index contributed by atoms with van der Waals surface area (Å²) in [5, 5.41) is 15.0. The number of nitrogens with zero attached hydrogens (tertiary/aromatic N) is 4. The highest BCUT2D eigenvalue weighted by Gasteiger charge is 2.18. The van der Waals surface area contributed by atoms with E-state index in [2.05, 4.69) is 23.1 Å². The maximum atomic E-state index is 9.50. The Kier molecular flexibility index (Phi) is 3.82. The first-order valence-corrected chi connectivity index (χ1v) is 7.93. The Balaban J connectivity index is 2.13. The molecule has 6 heteroatoms. The molecule has 112 valence electrons. The fraction of sp³-hybridized carbons (Fsp3) is 0.312. The van der Waals surface area contributed by atoms with Gasteiger partial charge in [-0.15, -0.1) is 0 Å². The summed E-state index contributed by atoms with van der Waals surface area (Å²) in [6, 6.07) is 8.04. The summed E-state index contributed by atoms with van der Waals surface area (Å²) < 4.78 is 6.94. The molecule has 0 radical (unpaired) electrons. The van der Waals surface area contributed by atoms with Crippen LogP contribution in [-0.2, 0) is 6.42 Å². The minimum Gasteiger partial charge on any atom is -0.496 e. The summed E-state index contributed by atoms with van der Waals surface area (Å²) in [5.74, 6) is 0.826. The van der Waals surface area contributed by atoms with Gasteiger partial charge in [0.15, 0.2) is 5.69 Å². The number of fused-ring (bicyclic) bond motifs is 1. The number of hydrogen-bond acceptors (Lipinski definition) is 5. The zero-order valence-electron chi connectivity index (χ0n) is 12.8. The summed E-state index contributed by atoms with van der Waals surface area (Å²) in [7, 11) is 1.65. The molecule has 2 aromatic heterocycles. The molecule has 0 bridgehead atoms. The van der Waals surface area contributed by atoms with Gasteiger partial charge in [-0.2, -0.15) is 14.9 Å². The van der Waals surface area contributed by atoms with E-state index in [0.29, 0.717) is 11.4 Å². The molecule has 0 aliphatic heterocycles. The first kappa shape index (κ1) is 14.5. The SMILES string of the molecule is CCCc1nn2c(C#N)c(-c3ccc(OC)c(C)c3)nc2s1. The van der Waals surface area contributed by atoms with Gasteiger partial charge in [0.05, 0.1) is 7.11 Å². The topological polar surface area (TPSA) is 63.2 Å². The van der Waals surface area contributed by atoms with Crippen LogP contribution in [0.25, 0.3) is 16.2 Å². The largest absolute Gasteiger partial charge is 0.496 e. The van der Waals surface area contributed by atoms with Crippen molar-refractivity contribution < 1.29 is 4.74 Å². The lowest BCUT2D eigenvalue weighted by molar-refractivity contribution is 0.412. The van der Waals surface area contributed by atoms with Crippen molar-refractivity contribution in [3.63, 3.8) is 0 Å². The maximum Gasteiger partial charge on any atom is 0.214 e. The third kappa shape index (κ3) is 2.34. The highest BCUT2D eigenvalue weighted by atomic mass is 32.1. The van der Waals surface area contributed by atoms with Gasteiger partial charge in [-0.25, -0.2) is 4.98 Å². The van der Waals surface area contributed by atoms with Crippen molar-refractivity contribution in [1.82, 2.24) is 14.6 Å². The Bertz CT molecular complexity index is 872. The standard InChI is InChI=1S/C16H16N4OS/c1-4-5-14-19-20-12(9-17)15(18-16(20)22-14)11-6-7-13(21-3)10(2)8-11/h6-8H,4-5H2,1-3H3. The summed E-state index contributed by atoms with van der Waals surface area (Å²) in [6.07, 6.45) is 1.94. The van der Waals surface area contributed by atoms with E-state index in [-0.39, 0.29) is 0 Å². The third-order valence-electron chi connectivity index (χ3n) is 3.48. The number of ether oxygens (including phenoxy) is 1. The molecule has 3 aromatic rings. The molecule has 3 rings (SSSR count). The van der Waals surface area contributed by atoms with E-state index in [1.165, 1.54) is 0 Å². The van der Waals surface area contributed by atoms with Gasteiger partial charge in [-0.3, -0.25) is 0 Å². The molecular formula is C16H16N4OS. The number of aromatic nitrogens is 3. The number of benzene rings is 1. The Hall–Kier alpha value is -2.39. The van der Waals surface area contributed by atoms with Crippen molar-refractivity contribution >= 4 is 16.3 Å². The summed E-state index contributed by atoms with van der Waals surface area (Å²) in [5.41, 5.74) is 3.08. The molecule has 0 spiro atoms. The van der Waals surface area contributed by atoms with E-state index in [1.807, 2.05) is 25.1 Å². The second-order valence-electron chi connectivity index (χ2n) is 5.05. The number of imidazole rings is 1. The van der Waals surface area contributed by atoms with Crippen LogP contribution in [0.2, 0.25) is 0 Å². The highest BCUT2D eigenvalue weighted by Crippen LogP contribution is 2.30. The van der Waals surface area contributed by atoms with E-state index in [1.54, 1.807) is 23.0 Å². The fourth-order valence-electron chi connectivity index (χ4n) is 2.43. The van der Waals surface area contributed by atoms with Gasteiger partial charge in [-0.05, 0) is 37.1 Å². The molecule has 0 unspecified atom stereocenters. The van der Waals surface area contributed by atoms with Crippen molar-refractivity contribution in [2.75, 3.05) is 7.11 Å². The van der Waals surface area contributed by atoms with Crippen molar-refractivity contribution in [3.05, 3.63) is 34.5 Å². The van der Waals surface area contributed by atoms with Crippen LogP contribution in [0, 0.1) is 18.3 Å². The van der Waals surface area contributed by atoms with E-state index in [0.717, 1.165) is 39.7 Å². The Morgan fingerprint density at radius 1 is 1.41 bits per heavy atom. The predicted octanol–water partition coefficient (Wildman–Crippen LogP) is 3.60. The Labute approximate surface area is 132 Å². The molecule has 1 aromatic carbocycles. The van der Waals surface area contributed by atoms with Crippen molar-refractivity contribution in [1.29, 1.82) is 5.26 Å². The Morgan fingerprint density at radius 3 is 2.86 bits per heavy atom. The number of nitriles is 1. The molecule has 5 nitrogen and oxygen atoms in total. The smallest absolute Gasteiger partial charge is 0.214 e. The monoisotopic (exact) mass is 312 g/mol. The van der Waals surface area contributed by atoms with Gasteiger partial charge in [0.1, 0.15) is 22.5 Å². The number of rotatable bonds is 4. The first-order chi connectivity index (χ1) is 10.7. The number of hydrogen-bond donors (Lipinski definition) is 0. The summed E-state index contributed by atoms with van der Waals surface area (Å²) >= 11 is 1.54. The number of methoxy groups -OCH3 is 1. The van der Waals surface area contributed by atoms with Gasteiger partial charge in [0, 0.05) is 12.0 Å². The van der Waals surface area contributed by atoms with E-state index in [9.17, 15) is 5.26 Å². The summed E-state index contributed by atoms with van der Waals surface area (Å²) in [4.78, 5) is 5.38. The molecule has 0 saturated carbocycles. The van der Waals surface area contributed by atoms with Crippen LogP contribution < -0.4 is 4.74 Å². The minimum atomic E-state index is 0.484. The third-order valence-corrected chi connectivity index (χ3v) is 4.45. The normalized spacial score (nSPS) is 10.8. The molecule has 0 aliphatic rings. The maximum absolute atomic E-state index is 9.50. The van der Waals surface area contributed by atoms with E-state index >= 15 is 0 Å². The fourth-order valence-corrected chi connectivity index (χ4v) is 3.43. The highest BCUT2D eigenvalue weighted by molar-refractivity contribution is 7.16. The minimum absolute atomic E-state index is 0.484. The van der Waals surface area contributed by atoms with Gasteiger partial charge in [-0.1, -0.05) is 18.3 Å². The molecule has 2 heterocycles. The van der Waals surface area contributed by atoms with Crippen molar-refractivity contribution in [3.8, 4) is 23.1 Å². The molecule has 0 aliphatic carbocycles. The van der Waals surface area contributed by atoms with Gasteiger partial charge >= 0.3 is 0 Å². The van der Waals surface area contributed by atoms with Crippen LogP contribution in [0.15, 0.2) is 18.2 Å². The van der Waals surface area contributed by atoms with Crippen LogP contribution in [0.4, 0.5) is 0 Å². The molecule has 0 N–H and O–H groups in total. The average molecular weight is 312 g/mol. The van der Waals surface area contributed by atoms with E-state index in [4.69, 9.17) is 4.74 Å². The van der Waals surface area contributed by atoms with Crippen LogP contribution in [0.5, 0.6) is 5.75 Å². The van der Waals surface area contributed by atoms with E-state index < -0.39 is 0 Å². The first-order valence-electron chi connectivity index (χ1n) is 7.11. The number of aryl methyl sites for hydroxylation is 2. The second-order valence-corrected chi connectivity index (χ2v) is 6.09. The molecule has 22 heavy (non-hydrogen) atoms. The predicted molar refractivity (Wildman–Crippen MR) is 86.3 cm³/mol. The lowest BCUT2D eigenvalue weighted by Gasteiger charge is -2.06. The quantitative estimate of drug-likeness (QED) is 0.738. The molecular weight excluding hydrogens is 296 g/mol. The van der Waals surface area contributed by atoms with Gasteiger partial charge in [0.2, 0.25) is 4.96 Å². The molecule has 0 saturated heterocycles. The van der Waals surface area contributed by atoms with Gasteiger partial charge in [0.25, 0.3) is 0 Å². The van der Waals surface area contributed by atoms with Crippen molar-refractivity contribution in [2.45, 2.75) is 26.7 Å². The zero-order valence-corrected chi connectivity index (χ0v) is 13.6. The lowest BCUT2D eigenvalue weighted by Crippen LogP contribution is -1.93. The molecule has 0 fully saturated rings. The Morgan fingerprint density at radius 2 is 2.23 bits per heavy atom. The summed E-state index contributed by atoms with van der Waals surface area (Å²) in [6.45, 7) is 4.09. The zero-order chi connectivity index (χ0) is 15.7. The van der Waals surface area contributed by atoms with Crippen LogP contribution in [0.3, 0.4) is 0 Å².